The predicted molar refractivity (Wildman–Crippen MR) is 484 cm³/mol. The summed E-state index contributed by atoms with van der Waals surface area (Å²) in [5.74, 6) is -0.639. The van der Waals surface area contributed by atoms with Gasteiger partial charge in [0.25, 0.3) is 6.71 Å². The van der Waals surface area contributed by atoms with Crippen LogP contribution >= 0.6 is 0 Å². The number of nitrogens with zero attached hydrogens (tertiary/aromatic N) is 6. The van der Waals surface area contributed by atoms with Crippen molar-refractivity contribution in [1.82, 2.24) is 9.13 Å². The molecule has 0 atom stereocenters. The van der Waals surface area contributed by atoms with Crippen molar-refractivity contribution in [1.29, 1.82) is 5.26 Å². The van der Waals surface area contributed by atoms with E-state index in [0.29, 0.717) is 77.8 Å². The first-order valence-corrected chi connectivity index (χ1v) is 42.2. The van der Waals surface area contributed by atoms with E-state index in [4.69, 9.17) is 6.57 Å². The maximum Gasteiger partial charge on any atom is 0.252 e. The van der Waals surface area contributed by atoms with E-state index in [1.165, 1.54) is 0 Å². The van der Waals surface area contributed by atoms with Crippen molar-refractivity contribution in [3.05, 3.63) is 311 Å². The molecule has 0 radical (unpaired) electrons. The molecule has 562 valence electrons. The first-order chi connectivity index (χ1) is 61.6. The lowest BCUT2D eigenvalue weighted by Crippen LogP contribution is -2.61. The molecule has 4 fully saturated rings. The van der Waals surface area contributed by atoms with Crippen LogP contribution in [0, 0.1) is 17.9 Å². The van der Waals surface area contributed by atoms with Crippen LogP contribution in [0.2, 0.25) is 0 Å². The minimum absolute atomic E-state index is 0.0515. The van der Waals surface area contributed by atoms with Crippen molar-refractivity contribution in [2.75, 3.05) is 9.80 Å². The third kappa shape index (κ3) is 12.3. The normalized spacial score (nSPS) is 17.7. The summed E-state index contributed by atoms with van der Waals surface area (Å²) in [6.07, 6.45) is 17.6. The van der Waals surface area contributed by atoms with E-state index >= 15 is 0 Å². The molecule has 0 saturated heterocycles. The summed E-state index contributed by atoms with van der Waals surface area (Å²) in [4.78, 5) is 8.96. The maximum atomic E-state index is 11.5. The molecule has 13 aromatic carbocycles. The van der Waals surface area contributed by atoms with Crippen LogP contribution in [0.3, 0.4) is 0 Å². The van der Waals surface area contributed by atoms with Crippen LogP contribution in [0.15, 0.2) is 267 Å². The zero-order valence-corrected chi connectivity index (χ0v) is 65.7. The van der Waals surface area contributed by atoms with Gasteiger partial charge in [-0.15, -0.1) is 0 Å². The van der Waals surface area contributed by atoms with Crippen molar-refractivity contribution in [3.63, 3.8) is 0 Å². The van der Waals surface area contributed by atoms with E-state index in [9.17, 15) is 21.7 Å². The molecule has 0 bridgehead atoms. The standard InChI is InChI=1S/C108H97BN6/c1-108(2,3)83-63-103-105-104(64-83)115(107-89(77-41-25-11-26-42-77)65-84(111-4)66-90(107)78-43-27-12-28-44-78)102-68-86(113-99-55-47-81(73-33-17-7-18-34-73)61-93(99)94-62-82(48-56-100(94)113)74-35-19-8-20-36-74)50-52-96(102)109(105)95-51-49-85(67-101(95)114(103)106-87(75-37-21-9-22-38-75)57-70(69-110)58-88(106)76-39-23-10-24-40-76)112-97-53-45-79(71-29-13-5-14-30-71)59-91(97)92-60-80(46-54-98(92)112)72-31-15-6-16-32-72/h9-12,21-28,37-68,71-74H,5-8,13-20,29-36H2,1-3H3/i45D,46D,47D,48D,53D,54D,55D,56D,59D,60D,61D,62D. The fraction of sp³-hybridized carbons (Fsp3) is 0.259. The molecule has 4 saturated carbocycles. The Labute approximate surface area is 695 Å². The van der Waals surface area contributed by atoms with E-state index in [1.807, 2.05) is 118 Å². The Morgan fingerprint density at radius 3 is 0.991 bits per heavy atom. The lowest BCUT2D eigenvalue weighted by atomic mass is 9.33. The Balaban J connectivity index is 0.941. The quantitative estimate of drug-likeness (QED) is 0.0904. The lowest BCUT2D eigenvalue weighted by Gasteiger charge is -2.46. The second-order valence-corrected chi connectivity index (χ2v) is 34.3. The minimum Gasteiger partial charge on any atom is -0.310 e. The molecule has 4 aliphatic carbocycles. The Kier molecular flexibility index (Phi) is 14.9. The molecular formula is C108H97BN6. The summed E-state index contributed by atoms with van der Waals surface area (Å²) in [7, 11) is 0. The molecule has 15 aromatic rings. The van der Waals surface area contributed by atoms with Crippen LogP contribution in [0.25, 0.3) is 104 Å². The molecule has 4 heterocycles. The average molecular weight is 1500 g/mol. The van der Waals surface area contributed by atoms with Gasteiger partial charge < -0.3 is 18.9 Å². The first-order valence-electron chi connectivity index (χ1n) is 48.2. The maximum absolute atomic E-state index is 11.5. The third-order valence-electron chi connectivity index (χ3n) is 26.4. The van der Waals surface area contributed by atoms with E-state index < -0.39 is 12.1 Å². The molecule has 0 N–H and O–H groups in total. The molecule has 2 aliphatic heterocycles. The SMILES string of the molecule is [2H]c1c(C2CCCCC2)c([2H])c2c3c([2H])c(C4CCCCC4)c([2H])c([2H])c3n(-c3ccc4c(c3)N(c3c(-c5ccccc5)cc(C#N)cc3-c3ccccc3)c3cc(C(C)(C)C)cc5c3B4c3ccc(-n4c6c([2H])c([2H])c(C7CCCCC7)c([2H])c6c6c([2H])c(C7CCCCC7)c([2H])c([2H])c64)cc3N5c3c(-c4ccccc4)cc([N+]#[C-])cc3-c3ccccc3)c2c1[2H]. The van der Waals surface area contributed by atoms with Crippen LogP contribution in [-0.2, 0) is 5.41 Å². The highest BCUT2D eigenvalue weighted by Crippen LogP contribution is 2.56. The number of hydrogen-bond donors (Lipinski definition) is 0. The summed E-state index contributed by atoms with van der Waals surface area (Å²) < 4.78 is 130. The lowest BCUT2D eigenvalue weighted by molar-refractivity contribution is 0.444. The number of nitriles is 1. The van der Waals surface area contributed by atoms with Gasteiger partial charge in [-0.05, 0) is 267 Å². The molecule has 2 aromatic heterocycles. The highest BCUT2D eigenvalue weighted by Gasteiger charge is 2.47. The molecular weight excluding hydrogens is 1390 g/mol. The van der Waals surface area contributed by atoms with Crippen molar-refractivity contribution in [2.45, 2.75) is 178 Å². The number of hydrogen-bond acceptors (Lipinski definition) is 3. The highest BCUT2D eigenvalue weighted by atomic mass is 15.2. The molecule has 0 unspecified atom stereocenters. The monoisotopic (exact) mass is 1500 g/mol. The largest absolute Gasteiger partial charge is 0.310 e. The molecule has 6 nitrogen and oxygen atoms in total. The fourth-order valence-electron chi connectivity index (χ4n) is 20.5. The molecule has 0 amide bonds. The second kappa shape index (κ2) is 29.2. The van der Waals surface area contributed by atoms with Crippen LogP contribution < -0.4 is 26.2 Å². The molecule has 21 rings (SSSR count). The Morgan fingerprint density at radius 2 is 0.696 bits per heavy atom. The van der Waals surface area contributed by atoms with Crippen molar-refractivity contribution >= 4 is 107 Å². The highest BCUT2D eigenvalue weighted by molar-refractivity contribution is 7.00. The van der Waals surface area contributed by atoms with Crippen LogP contribution in [0.1, 0.15) is 223 Å². The fourth-order valence-corrected chi connectivity index (χ4v) is 20.5. The summed E-state index contributed by atoms with van der Waals surface area (Å²) in [6.45, 7) is 14.9. The molecule has 7 heteroatoms. The van der Waals surface area contributed by atoms with Crippen LogP contribution in [0.5, 0.6) is 0 Å². The number of benzene rings is 13. The molecule has 115 heavy (non-hydrogen) atoms. The zero-order chi connectivity index (χ0) is 87.4. The number of anilines is 6. The topological polar surface area (TPSA) is 44.5 Å². The van der Waals surface area contributed by atoms with Crippen LogP contribution in [-0.4, -0.2) is 15.8 Å². The van der Waals surface area contributed by atoms with Gasteiger partial charge >= 0.3 is 0 Å². The van der Waals surface area contributed by atoms with E-state index in [2.05, 4.69) is 126 Å². The number of fused-ring (bicyclic) bond motifs is 10. The van der Waals surface area contributed by atoms with Gasteiger partial charge in [-0.2, -0.15) is 5.26 Å². The second-order valence-electron chi connectivity index (χ2n) is 34.3. The Bertz CT molecular complexity index is 6440. The number of aromatic nitrogens is 2. The van der Waals surface area contributed by atoms with Gasteiger partial charge in [0, 0.05) is 66.8 Å². The van der Waals surface area contributed by atoms with Gasteiger partial charge in [-0.25, -0.2) is 4.85 Å². The average Bonchev–Trinajstić information content (AvgIpc) is 1.37. The van der Waals surface area contributed by atoms with Gasteiger partial charge in [0.2, 0.25) is 0 Å². The Morgan fingerprint density at radius 1 is 0.383 bits per heavy atom. The summed E-state index contributed by atoms with van der Waals surface area (Å²) in [5, 5.41) is 12.8. The van der Waals surface area contributed by atoms with E-state index in [0.717, 1.165) is 218 Å². The van der Waals surface area contributed by atoms with Crippen molar-refractivity contribution < 1.29 is 16.4 Å². The summed E-state index contributed by atoms with van der Waals surface area (Å²) in [5.41, 5.74) is 17.9. The smallest absolute Gasteiger partial charge is 0.252 e. The predicted octanol–water partition coefficient (Wildman–Crippen LogP) is 28.5. The summed E-state index contributed by atoms with van der Waals surface area (Å²) >= 11 is 0. The van der Waals surface area contributed by atoms with Gasteiger partial charge in [0.1, 0.15) is 0 Å². The van der Waals surface area contributed by atoms with Gasteiger partial charge in [-0.1, -0.05) is 255 Å². The van der Waals surface area contributed by atoms with Gasteiger partial charge in [-0.3, -0.25) is 0 Å². The van der Waals surface area contributed by atoms with E-state index in [1.54, 1.807) is 0 Å². The molecule has 6 aliphatic rings. The van der Waals surface area contributed by atoms with E-state index in [-0.39, 0.29) is 118 Å². The number of rotatable bonds is 12. The van der Waals surface area contributed by atoms with Crippen molar-refractivity contribution in [2.24, 2.45) is 0 Å². The Hall–Kier alpha value is -11.9. The summed E-state index contributed by atoms with van der Waals surface area (Å²) in [6, 6.07) is 67.8. The van der Waals surface area contributed by atoms with Gasteiger partial charge in [0.15, 0.2) is 5.69 Å². The zero-order valence-electron chi connectivity index (χ0n) is 77.7. The van der Waals surface area contributed by atoms with Crippen molar-refractivity contribution in [3.8, 4) is 62.0 Å². The molecule has 0 spiro atoms. The third-order valence-corrected chi connectivity index (χ3v) is 26.4. The minimum atomic E-state index is -0.722. The van der Waals surface area contributed by atoms with Gasteiger partial charge in [0.05, 0.1) is 68.1 Å². The van der Waals surface area contributed by atoms with Crippen LogP contribution in [0.4, 0.5) is 39.8 Å². The first kappa shape index (κ1) is 58.9.